The van der Waals surface area contributed by atoms with Crippen LogP contribution in [0.5, 0.6) is 0 Å². The van der Waals surface area contributed by atoms with Gasteiger partial charge in [0, 0.05) is 25.4 Å². The van der Waals surface area contributed by atoms with Crippen molar-refractivity contribution >= 4 is 11.9 Å². The van der Waals surface area contributed by atoms with Gasteiger partial charge in [0.25, 0.3) is 5.91 Å². The number of aliphatic carboxylic acids is 1. The largest absolute Gasteiger partial charge is 1.00 e. The number of carbonyl (C=O) groups is 2. The van der Waals surface area contributed by atoms with E-state index in [1.165, 1.54) is 0 Å². The third-order valence-corrected chi connectivity index (χ3v) is 4.96. The molecule has 1 N–H and O–H groups in total. The zero-order chi connectivity index (χ0) is 19.1. The third kappa shape index (κ3) is 5.77. The first kappa shape index (κ1) is 22.3. The summed E-state index contributed by atoms with van der Waals surface area (Å²) in [4.78, 5) is 29.7. The van der Waals surface area contributed by atoms with Crippen LogP contribution in [0, 0.1) is 5.92 Å². The number of benzene rings is 1. The number of allylic oxidation sites excluding steroid dienone is 2. The molecule has 142 valence electrons. The number of nitrogens with zero attached hydrogens (tertiary/aromatic N) is 2. The normalized spacial score (nSPS) is 18.8. The van der Waals surface area contributed by atoms with Gasteiger partial charge in [0.05, 0.1) is 11.6 Å². The van der Waals surface area contributed by atoms with Crippen LogP contribution in [0.2, 0.25) is 0 Å². The molecule has 3 rings (SSSR count). The summed E-state index contributed by atoms with van der Waals surface area (Å²) in [6.45, 7) is 0.709. The van der Waals surface area contributed by atoms with Gasteiger partial charge < -0.3 is 11.4 Å². The van der Waals surface area contributed by atoms with E-state index in [-0.39, 0.29) is 49.4 Å². The van der Waals surface area contributed by atoms with Crippen LogP contribution in [0.3, 0.4) is 0 Å². The fourth-order valence-electron chi connectivity index (χ4n) is 3.68. The van der Waals surface area contributed by atoms with Crippen LogP contribution in [-0.4, -0.2) is 33.4 Å². The molecule has 1 aliphatic rings. The van der Waals surface area contributed by atoms with E-state index < -0.39 is 5.97 Å². The summed E-state index contributed by atoms with van der Waals surface area (Å²) in [6, 6.07) is 13.7. The third-order valence-electron chi connectivity index (χ3n) is 4.96. The van der Waals surface area contributed by atoms with Crippen LogP contribution >= 0.6 is 0 Å². The van der Waals surface area contributed by atoms with E-state index in [1.807, 2.05) is 29.2 Å². The van der Waals surface area contributed by atoms with Crippen molar-refractivity contribution in [2.45, 2.75) is 31.7 Å². The molecule has 1 aromatic heterocycles. The van der Waals surface area contributed by atoms with Crippen LogP contribution in [0.25, 0.3) is 0 Å². The van der Waals surface area contributed by atoms with Gasteiger partial charge in [0.15, 0.2) is 0 Å². The number of pyridine rings is 1. The van der Waals surface area contributed by atoms with E-state index in [1.54, 1.807) is 24.5 Å². The Morgan fingerprint density at radius 3 is 2.64 bits per heavy atom. The molecule has 0 spiro atoms. The van der Waals surface area contributed by atoms with E-state index in [0.29, 0.717) is 24.4 Å². The predicted octanol–water partition coefficient (Wildman–Crippen LogP) is 1.21. The second kappa shape index (κ2) is 11.1. The number of rotatable bonds is 7. The molecule has 0 saturated carbocycles. The van der Waals surface area contributed by atoms with E-state index in [0.717, 1.165) is 18.4 Å². The molecular weight excluding hydrogens is 363 g/mol. The van der Waals surface area contributed by atoms with Gasteiger partial charge in [0.1, 0.15) is 0 Å². The molecule has 2 heterocycles. The SMILES string of the molecule is O=C(O)CC/C=C\C[C@@H]1CCN(C(=O)c2cccnc2)[C@@H]1c1ccccc1.[H-].[Na+]. The van der Waals surface area contributed by atoms with Crippen molar-refractivity contribution in [1.82, 2.24) is 9.88 Å². The fourth-order valence-corrected chi connectivity index (χ4v) is 3.68. The van der Waals surface area contributed by atoms with Crippen molar-refractivity contribution in [3.8, 4) is 0 Å². The molecule has 1 fully saturated rings. The summed E-state index contributed by atoms with van der Waals surface area (Å²) < 4.78 is 0. The first-order chi connectivity index (χ1) is 13.2. The van der Waals surface area contributed by atoms with Gasteiger partial charge in [-0.15, -0.1) is 0 Å². The molecule has 1 aliphatic heterocycles. The standard InChI is InChI=1S/C22H24N2O3.Na.H/c25-20(26)12-6-2-5-10-18-13-15-24(21(18)17-8-3-1-4-9-17)22(27)19-11-7-14-23-16-19;;/h1-5,7-9,11,14,16,18,21H,6,10,12-13,15H2,(H,25,26);;/q;+1;-1/b5-2-;;/t18-,21-;;/m1../s1. The second-order valence-electron chi connectivity index (χ2n) is 6.78. The maximum Gasteiger partial charge on any atom is 1.00 e. The molecule has 2 atom stereocenters. The number of hydrogen-bond donors (Lipinski definition) is 1. The second-order valence-corrected chi connectivity index (χ2v) is 6.78. The molecule has 0 radical (unpaired) electrons. The number of likely N-dealkylation sites (tertiary alicyclic amines) is 1. The van der Waals surface area contributed by atoms with Crippen LogP contribution in [0.15, 0.2) is 67.0 Å². The molecule has 6 heteroatoms. The number of carbonyl (C=O) groups excluding carboxylic acids is 1. The van der Waals surface area contributed by atoms with Gasteiger partial charge in [-0.2, -0.15) is 0 Å². The van der Waals surface area contributed by atoms with Gasteiger partial charge in [-0.05, 0) is 42.9 Å². The molecule has 1 amide bonds. The number of aromatic nitrogens is 1. The molecule has 2 aromatic rings. The topological polar surface area (TPSA) is 70.5 Å². The summed E-state index contributed by atoms with van der Waals surface area (Å²) in [7, 11) is 0. The van der Waals surface area contributed by atoms with Gasteiger partial charge in [-0.25, -0.2) is 0 Å². The van der Waals surface area contributed by atoms with Crippen LogP contribution in [-0.2, 0) is 4.79 Å². The first-order valence-electron chi connectivity index (χ1n) is 9.29. The fraction of sp³-hybridized carbons (Fsp3) is 0.318. The molecular formula is C22H25N2NaO3. The summed E-state index contributed by atoms with van der Waals surface area (Å²) in [6.07, 6.45) is 9.71. The zero-order valence-electron chi connectivity index (χ0n) is 17.2. The van der Waals surface area contributed by atoms with Crippen LogP contribution < -0.4 is 29.6 Å². The Morgan fingerprint density at radius 1 is 1.18 bits per heavy atom. The molecule has 1 aromatic carbocycles. The average Bonchev–Trinajstić information content (AvgIpc) is 3.12. The summed E-state index contributed by atoms with van der Waals surface area (Å²) >= 11 is 0. The Bertz CT molecular complexity index is 802. The number of amides is 1. The molecule has 5 nitrogen and oxygen atoms in total. The van der Waals surface area contributed by atoms with Crippen molar-refractivity contribution < 1.29 is 45.7 Å². The number of hydrogen-bond acceptors (Lipinski definition) is 3. The van der Waals surface area contributed by atoms with E-state index in [9.17, 15) is 9.59 Å². The monoisotopic (exact) mass is 388 g/mol. The van der Waals surface area contributed by atoms with Crippen molar-refractivity contribution in [2.24, 2.45) is 5.92 Å². The molecule has 0 aliphatic carbocycles. The molecule has 28 heavy (non-hydrogen) atoms. The van der Waals surface area contributed by atoms with Crippen molar-refractivity contribution in [2.75, 3.05) is 6.54 Å². The van der Waals surface area contributed by atoms with Gasteiger partial charge in [-0.3, -0.25) is 14.6 Å². The molecule has 1 saturated heterocycles. The average molecular weight is 388 g/mol. The van der Waals surface area contributed by atoms with Gasteiger partial charge in [0.2, 0.25) is 0 Å². The quantitative estimate of drug-likeness (QED) is 0.572. The van der Waals surface area contributed by atoms with E-state index in [4.69, 9.17) is 5.11 Å². The Morgan fingerprint density at radius 2 is 1.96 bits per heavy atom. The number of carboxylic acid groups (broad SMARTS) is 1. The maximum atomic E-state index is 13.0. The minimum atomic E-state index is -0.782. The Labute approximate surface area is 189 Å². The minimum absolute atomic E-state index is 0. The van der Waals surface area contributed by atoms with Crippen LogP contribution in [0.4, 0.5) is 0 Å². The summed E-state index contributed by atoms with van der Waals surface area (Å²) in [5.74, 6) is -0.459. The predicted molar refractivity (Wildman–Crippen MR) is 104 cm³/mol. The minimum Gasteiger partial charge on any atom is -1.00 e. The number of carboxylic acids is 1. The van der Waals surface area contributed by atoms with E-state index >= 15 is 0 Å². The zero-order valence-corrected chi connectivity index (χ0v) is 18.2. The van der Waals surface area contributed by atoms with Crippen molar-refractivity contribution in [1.29, 1.82) is 0 Å². The molecule has 0 bridgehead atoms. The van der Waals surface area contributed by atoms with Gasteiger partial charge in [-0.1, -0.05) is 42.5 Å². The molecule has 0 unspecified atom stereocenters. The van der Waals surface area contributed by atoms with Gasteiger partial charge >= 0.3 is 35.5 Å². The smallest absolute Gasteiger partial charge is 1.00 e. The Hall–Kier alpha value is -1.95. The van der Waals surface area contributed by atoms with Crippen LogP contribution in [0.1, 0.15) is 49.1 Å². The van der Waals surface area contributed by atoms with E-state index in [2.05, 4.69) is 23.2 Å². The Kier molecular flexibility index (Phi) is 8.90. The first-order valence-corrected chi connectivity index (χ1v) is 9.29. The summed E-state index contributed by atoms with van der Waals surface area (Å²) in [5, 5.41) is 8.74. The summed E-state index contributed by atoms with van der Waals surface area (Å²) in [5.41, 5.74) is 1.74. The van der Waals surface area contributed by atoms with Crippen molar-refractivity contribution in [3.63, 3.8) is 0 Å². The maximum absolute atomic E-state index is 13.0. The Balaban J connectivity index is 0.00000210. The van der Waals surface area contributed by atoms with Crippen molar-refractivity contribution in [3.05, 3.63) is 78.1 Å².